The Kier molecular flexibility index (Phi) is 3.50. The minimum atomic E-state index is -1.20. The van der Waals surface area contributed by atoms with Crippen LogP contribution >= 0.6 is 0 Å². The average Bonchev–Trinajstić information content (AvgIpc) is 2.88. The normalized spacial score (nSPS) is 10.5. The number of carbonyl (C=O) groups is 1. The summed E-state index contributed by atoms with van der Waals surface area (Å²) in [5.74, 6) is -2.33. The molecule has 0 radical (unpaired) electrons. The number of benzene rings is 1. The summed E-state index contributed by atoms with van der Waals surface area (Å²) in [6.45, 7) is 1.87. The molecule has 0 aliphatic rings. The zero-order chi connectivity index (χ0) is 14.0. The first-order chi connectivity index (χ1) is 9.02. The zero-order valence-corrected chi connectivity index (χ0v) is 10.2. The number of hydrogen-bond donors (Lipinski definition) is 2. The van der Waals surface area contributed by atoms with E-state index in [-0.39, 0.29) is 17.1 Å². The number of rotatable bonds is 3. The molecule has 0 fully saturated rings. The standard InChI is InChI=1S/C13H12F2N2O2/c1-2-7-3-6-10(19-7)13(18)17-12-9(16)5-4-8(14)11(12)15/h3-6H,2,16H2,1H3,(H,17,18). The molecule has 100 valence electrons. The van der Waals surface area contributed by atoms with Crippen LogP contribution in [0.3, 0.4) is 0 Å². The number of nitrogen functional groups attached to an aromatic ring is 1. The molecule has 1 heterocycles. The molecule has 19 heavy (non-hydrogen) atoms. The molecule has 0 atom stereocenters. The first kappa shape index (κ1) is 13.1. The van der Waals surface area contributed by atoms with Gasteiger partial charge in [0.25, 0.3) is 5.91 Å². The maximum atomic E-state index is 13.5. The maximum Gasteiger partial charge on any atom is 0.291 e. The van der Waals surface area contributed by atoms with Crippen LogP contribution in [-0.2, 0) is 6.42 Å². The van der Waals surface area contributed by atoms with Crippen molar-refractivity contribution in [2.24, 2.45) is 0 Å². The second-order valence-electron chi connectivity index (χ2n) is 3.90. The predicted octanol–water partition coefficient (Wildman–Crippen LogP) is 2.95. The van der Waals surface area contributed by atoms with Gasteiger partial charge in [0, 0.05) is 6.42 Å². The molecule has 1 aromatic carbocycles. The minimum Gasteiger partial charge on any atom is -0.456 e. The Morgan fingerprint density at radius 3 is 2.68 bits per heavy atom. The molecule has 0 aliphatic heterocycles. The molecule has 6 heteroatoms. The summed E-state index contributed by atoms with van der Waals surface area (Å²) in [5, 5.41) is 2.20. The lowest BCUT2D eigenvalue weighted by atomic mass is 10.2. The number of nitrogens with two attached hydrogens (primary N) is 1. The molecule has 0 saturated carbocycles. The fraction of sp³-hybridized carbons (Fsp3) is 0.154. The van der Waals surface area contributed by atoms with Crippen molar-refractivity contribution in [3.8, 4) is 0 Å². The highest BCUT2D eigenvalue weighted by atomic mass is 19.2. The van der Waals surface area contributed by atoms with Gasteiger partial charge in [0.1, 0.15) is 11.4 Å². The number of nitrogens with one attached hydrogen (secondary N) is 1. The number of hydrogen-bond acceptors (Lipinski definition) is 3. The Labute approximate surface area is 108 Å². The number of halogens is 2. The molecule has 3 N–H and O–H groups in total. The summed E-state index contributed by atoms with van der Waals surface area (Å²) >= 11 is 0. The van der Waals surface area contributed by atoms with Crippen LogP contribution < -0.4 is 11.1 Å². The summed E-state index contributed by atoms with van der Waals surface area (Å²) < 4.78 is 31.8. The van der Waals surface area contributed by atoms with Crippen LogP contribution in [0.5, 0.6) is 0 Å². The van der Waals surface area contributed by atoms with Gasteiger partial charge in [-0.3, -0.25) is 4.79 Å². The van der Waals surface area contributed by atoms with Gasteiger partial charge in [-0.05, 0) is 24.3 Å². The van der Waals surface area contributed by atoms with E-state index in [9.17, 15) is 13.6 Å². The molecule has 4 nitrogen and oxygen atoms in total. The van der Waals surface area contributed by atoms with Gasteiger partial charge >= 0.3 is 0 Å². The van der Waals surface area contributed by atoms with Crippen LogP contribution in [0, 0.1) is 11.6 Å². The van der Waals surface area contributed by atoms with Crippen molar-refractivity contribution >= 4 is 17.3 Å². The third-order valence-corrected chi connectivity index (χ3v) is 2.60. The first-order valence-electron chi connectivity index (χ1n) is 5.66. The van der Waals surface area contributed by atoms with Crippen molar-refractivity contribution in [2.75, 3.05) is 11.1 Å². The van der Waals surface area contributed by atoms with Gasteiger partial charge in [-0.15, -0.1) is 0 Å². The largest absolute Gasteiger partial charge is 0.456 e. The van der Waals surface area contributed by atoms with Gasteiger partial charge in [0.2, 0.25) is 0 Å². The van der Waals surface area contributed by atoms with E-state index in [2.05, 4.69) is 5.32 Å². The molecule has 0 unspecified atom stereocenters. The fourth-order valence-electron chi connectivity index (χ4n) is 1.56. The molecule has 1 amide bonds. The average molecular weight is 266 g/mol. The Morgan fingerprint density at radius 2 is 2.05 bits per heavy atom. The monoisotopic (exact) mass is 266 g/mol. The molecule has 2 rings (SSSR count). The molecular weight excluding hydrogens is 254 g/mol. The highest BCUT2D eigenvalue weighted by Crippen LogP contribution is 2.25. The second-order valence-corrected chi connectivity index (χ2v) is 3.90. The zero-order valence-electron chi connectivity index (χ0n) is 10.2. The lowest BCUT2D eigenvalue weighted by Crippen LogP contribution is -2.14. The van der Waals surface area contributed by atoms with Crippen LogP contribution in [-0.4, -0.2) is 5.91 Å². The maximum absolute atomic E-state index is 13.5. The van der Waals surface area contributed by atoms with Crippen molar-refractivity contribution < 1.29 is 18.0 Å². The Hall–Kier alpha value is -2.37. The van der Waals surface area contributed by atoms with Crippen molar-refractivity contribution in [1.82, 2.24) is 0 Å². The second kappa shape index (κ2) is 5.09. The van der Waals surface area contributed by atoms with E-state index in [1.807, 2.05) is 6.92 Å². The van der Waals surface area contributed by atoms with E-state index in [0.717, 1.165) is 6.07 Å². The van der Waals surface area contributed by atoms with Crippen LogP contribution in [0.2, 0.25) is 0 Å². The molecular formula is C13H12F2N2O2. The predicted molar refractivity (Wildman–Crippen MR) is 66.8 cm³/mol. The first-order valence-corrected chi connectivity index (χ1v) is 5.66. The lowest BCUT2D eigenvalue weighted by Gasteiger charge is -2.08. The van der Waals surface area contributed by atoms with Gasteiger partial charge in [-0.2, -0.15) is 0 Å². The van der Waals surface area contributed by atoms with Crippen LogP contribution in [0.15, 0.2) is 28.7 Å². The Bertz CT molecular complexity index is 623. The number of amides is 1. The highest BCUT2D eigenvalue weighted by molar-refractivity contribution is 6.04. The van der Waals surface area contributed by atoms with Crippen molar-refractivity contribution in [3.05, 3.63) is 47.4 Å². The molecule has 0 bridgehead atoms. The third-order valence-electron chi connectivity index (χ3n) is 2.60. The number of furan rings is 1. The van der Waals surface area contributed by atoms with Crippen LogP contribution in [0.25, 0.3) is 0 Å². The van der Waals surface area contributed by atoms with E-state index < -0.39 is 17.5 Å². The quantitative estimate of drug-likeness (QED) is 0.839. The van der Waals surface area contributed by atoms with Gasteiger partial charge in [0.15, 0.2) is 17.4 Å². The van der Waals surface area contributed by atoms with Crippen molar-refractivity contribution in [3.63, 3.8) is 0 Å². The summed E-state index contributed by atoms with van der Waals surface area (Å²) in [5.41, 5.74) is 5.05. The SMILES string of the molecule is CCc1ccc(C(=O)Nc2c(N)ccc(F)c2F)o1. The van der Waals surface area contributed by atoms with Gasteiger partial charge in [-0.25, -0.2) is 8.78 Å². The highest BCUT2D eigenvalue weighted by Gasteiger charge is 2.17. The number of anilines is 2. The summed E-state index contributed by atoms with van der Waals surface area (Å²) in [6.07, 6.45) is 0.629. The minimum absolute atomic E-state index is 0.0138. The Balaban J connectivity index is 2.26. The number of carbonyl (C=O) groups excluding carboxylic acids is 1. The van der Waals surface area contributed by atoms with E-state index in [1.54, 1.807) is 6.07 Å². The Morgan fingerprint density at radius 1 is 1.32 bits per heavy atom. The molecule has 0 saturated heterocycles. The topological polar surface area (TPSA) is 68.3 Å². The van der Waals surface area contributed by atoms with Crippen molar-refractivity contribution in [2.45, 2.75) is 13.3 Å². The van der Waals surface area contributed by atoms with E-state index in [4.69, 9.17) is 10.2 Å². The summed E-state index contributed by atoms with van der Waals surface area (Å²) in [6, 6.07) is 5.16. The lowest BCUT2D eigenvalue weighted by molar-refractivity contribution is 0.0994. The van der Waals surface area contributed by atoms with Crippen LogP contribution in [0.1, 0.15) is 23.2 Å². The van der Waals surface area contributed by atoms with E-state index in [0.29, 0.717) is 12.2 Å². The van der Waals surface area contributed by atoms with E-state index >= 15 is 0 Å². The van der Waals surface area contributed by atoms with Crippen molar-refractivity contribution in [1.29, 1.82) is 0 Å². The summed E-state index contributed by atoms with van der Waals surface area (Å²) in [4.78, 5) is 11.8. The van der Waals surface area contributed by atoms with Gasteiger partial charge < -0.3 is 15.5 Å². The number of aryl methyl sites for hydroxylation is 1. The van der Waals surface area contributed by atoms with E-state index in [1.165, 1.54) is 12.1 Å². The third kappa shape index (κ3) is 2.57. The van der Waals surface area contributed by atoms with Gasteiger partial charge in [-0.1, -0.05) is 6.92 Å². The smallest absolute Gasteiger partial charge is 0.291 e. The van der Waals surface area contributed by atoms with Gasteiger partial charge in [0.05, 0.1) is 5.69 Å². The molecule has 1 aromatic heterocycles. The molecule has 0 aliphatic carbocycles. The fourth-order valence-corrected chi connectivity index (χ4v) is 1.56. The van der Waals surface area contributed by atoms with Crippen LogP contribution in [0.4, 0.5) is 20.2 Å². The molecule has 0 spiro atoms. The molecule has 2 aromatic rings. The summed E-state index contributed by atoms with van der Waals surface area (Å²) in [7, 11) is 0.